The molecule has 3 heterocycles. The number of rotatable bonds is 3. The number of amides is 1. The fourth-order valence-corrected chi connectivity index (χ4v) is 2.70. The molecule has 1 aliphatic heterocycles. The van der Waals surface area contributed by atoms with Gasteiger partial charge in [-0.3, -0.25) is 9.89 Å². The Bertz CT molecular complexity index is 844. The fraction of sp³-hybridized carbons (Fsp3) is 0.538. The number of aromatic nitrogens is 6. The van der Waals surface area contributed by atoms with Crippen LogP contribution in [0.25, 0.3) is 5.95 Å². The predicted molar refractivity (Wildman–Crippen MR) is 77.4 cm³/mol. The third-order valence-corrected chi connectivity index (χ3v) is 3.94. The zero-order chi connectivity index (χ0) is 19.1. The van der Waals surface area contributed by atoms with E-state index in [0.29, 0.717) is 19.3 Å². The Hall–Kier alpha value is -2.99. The topological polar surface area (TPSA) is 130 Å². The summed E-state index contributed by atoms with van der Waals surface area (Å²) in [6.07, 6.45) is -3.07. The van der Waals surface area contributed by atoms with Crippen LogP contribution in [-0.2, 0) is 11.0 Å². The van der Waals surface area contributed by atoms with E-state index >= 15 is 0 Å². The van der Waals surface area contributed by atoms with E-state index < -0.39 is 35.9 Å². The average Bonchev–Trinajstić information content (AvgIpc) is 3.20. The van der Waals surface area contributed by atoms with E-state index in [-0.39, 0.29) is 18.2 Å². The first-order valence-corrected chi connectivity index (χ1v) is 7.66. The Morgan fingerprint density at radius 1 is 1.27 bits per heavy atom. The molecule has 2 aromatic heterocycles. The van der Waals surface area contributed by atoms with E-state index in [1.165, 1.54) is 6.92 Å². The van der Waals surface area contributed by atoms with Crippen molar-refractivity contribution in [1.29, 1.82) is 0 Å². The van der Waals surface area contributed by atoms with Crippen LogP contribution in [0.2, 0.25) is 0 Å². The highest BCUT2D eigenvalue weighted by atomic mass is 19.4. The Morgan fingerprint density at radius 2 is 2.00 bits per heavy atom. The molecule has 0 aliphatic carbocycles. The van der Waals surface area contributed by atoms with Crippen molar-refractivity contribution in [2.24, 2.45) is 0 Å². The smallest absolute Gasteiger partial charge is 0.451 e. The highest BCUT2D eigenvalue weighted by Gasteiger charge is 2.37. The number of carbonyl (C=O) groups is 2. The van der Waals surface area contributed by atoms with Crippen molar-refractivity contribution in [1.82, 2.24) is 34.8 Å². The number of likely N-dealkylation sites (tertiary alicyclic amines) is 1. The molecule has 3 rings (SSSR count). The van der Waals surface area contributed by atoms with Gasteiger partial charge in [-0.2, -0.15) is 22.8 Å². The molecule has 0 radical (unpaired) electrons. The molecule has 1 unspecified atom stereocenters. The zero-order valence-electron chi connectivity index (χ0n) is 13.5. The first-order chi connectivity index (χ1) is 12.2. The number of hydrogen-bond donors (Lipinski definition) is 2. The molecule has 0 bridgehead atoms. The van der Waals surface area contributed by atoms with Gasteiger partial charge in [0.2, 0.25) is 11.6 Å². The molecule has 1 fully saturated rings. The van der Waals surface area contributed by atoms with E-state index in [1.54, 1.807) is 5.10 Å². The number of piperidine rings is 1. The van der Waals surface area contributed by atoms with Gasteiger partial charge in [0.1, 0.15) is 11.9 Å². The maximum absolute atomic E-state index is 12.6. The van der Waals surface area contributed by atoms with Gasteiger partial charge in [0, 0.05) is 6.54 Å². The quantitative estimate of drug-likeness (QED) is 0.813. The molecule has 10 nitrogen and oxygen atoms in total. The van der Waals surface area contributed by atoms with Crippen molar-refractivity contribution < 1.29 is 27.9 Å². The zero-order valence-corrected chi connectivity index (χ0v) is 13.5. The minimum absolute atomic E-state index is 0.0879. The normalized spacial score (nSPS) is 18.2. The molecule has 1 amide bonds. The number of carbonyl (C=O) groups excluding carboxylic acids is 1. The van der Waals surface area contributed by atoms with Gasteiger partial charge >= 0.3 is 12.1 Å². The first kappa shape index (κ1) is 17.8. The Labute approximate surface area is 144 Å². The van der Waals surface area contributed by atoms with Crippen LogP contribution in [0.15, 0.2) is 0 Å². The second kappa shape index (κ2) is 6.38. The number of alkyl halides is 3. The number of nitrogens with zero attached hydrogens (tertiary/aromatic N) is 6. The number of aromatic amines is 1. The molecule has 1 saturated heterocycles. The van der Waals surface area contributed by atoms with Gasteiger partial charge in [-0.25, -0.2) is 9.78 Å². The lowest BCUT2D eigenvalue weighted by Gasteiger charge is -2.31. The number of halogens is 3. The lowest BCUT2D eigenvalue weighted by atomic mass is 10.0. The average molecular weight is 373 g/mol. The van der Waals surface area contributed by atoms with Gasteiger partial charge in [0.05, 0.1) is 0 Å². The summed E-state index contributed by atoms with van der Waals surface area (Å²) in [5.74, 6) is -3.80. The molecule has 1 aliphatic rings. The van der Waals surface area contributed by atoms with Crippen molar-refractivity contribution in [2.75, 3.05) is 6.54 Å². The van der Waals surface area contributed by atoms with Crippen LogP contribution in [0.5, 0.6) is 0 Å². The van der Waals surface area contributed by atoms with E-state index in [9.17, 15) is 27.9 Å². The monoisotopic (exact) mass is 373 g/mol. The molecular weight excluding hydrogens is 359 g/mol. The van der Waals surface area contributed by atoms with Crippen molar-refractivity contribution >= 4 is 11.9 Å². The van der Waals surface area contributed by atoms with Crippen molar-refractivity contribution in [3.8, 4) is 5.95 Å². The molecule has 140 valence electrons. The summed E-state index contributed by atoms with van der Waals surface area (Å²) in [7, 11) is 0. The maximum atomic E-state index is 12.6. The number of nitrogens with one attached hydrogen (secondary N) is 1. The summed E-state index contributed by atoms with van der Waals surface area (Å²) in [5, 5.41) is 18.3. The largest absolute Gasteiger partial charge is 0.480 e. The first-order valence-electron chi connectivity index (χ1n) is 7.66. The van der Waals surface area contributed by atoms with Crippen LogP contribution < -0.4 is 0 Å². The lowest BCUT2D eigenvalue weighted by Crippen LogP contribution is -2.48. The van der Waals surface area contributed by atoms with Crippen LogP contribution in [0, 0.1) is 6.92 Å². The van der Waals surface area contributed by atoms with Gasteiger partial charge in [-0.05, 0) is 26.2 Å². The third-order valence-electron chi connectivity index (χ3n) is 3.94. The predicted octanol–water partition coefficient (Wildman–Crippen LogP) is 0.792. The van der Waals surface area contributed by atoms with E-state index in [1.807, 2.05) is 0 Å². The minimum atomic E-state index is -4.71. The molecule has 0 saturated carbocycles. The summed E-state index contributed by atoms with van der Waals surface area (Å²) in [4.78, 5) is 32.3. The fourth-order valence-electron chi connectivity index (χ4n) is 2.70. The molecule has 0 aromatic carbocycles. The molecule has 2 N–H and O–H groups in total. The Kier molecular flexibility index (Phi) is 4.38. The minimum Gasteiger partial charge on any atom is -0.480 e. The second-order valence-electron chi connectivity index (χ2n) is 5.72. The number of carboxylic acids is 1. The summed E-state index contributed by atoms with van der Waals surface area (Å²) in [6.45, 7) is 1.65. The third kappa shape index (κ3) is 3.23. The van der Waals surface area contributed by atoms with Crippen molar-refractivity contribution in [3.05, 3.63) is 17.5 Å². The van der Waals surface area contributed by atoms with Crippen LogP contribution in [-0.4, -0.2) is 64.4 Å². The molecule has 13 heteroatoms. The van der Waals surface area contributed by atoms with Gasteiger partial charge in [-0.15, -0.1) is 10.2 Å². The number of aliphatic carboxylic acids is 1. The van der Waals surface area contributed by atoms with Gasteiger partial charge < -0.3 is 10.0 Å². The van der Waals surface area contributed by atoms with Crippen LogP contribution >= 0.6 is 0 Å². The van der Waals surface area contributed by atoms with E-state index in [4.69, 9.17) is 0 Å². The van der Waals surface area contributed by atoms with Gasteiger partial charge in [0.15, 0.2) is 0 Å². The van der Waals surface area contributed by atoms with Crippen LogP contribution in [0.1, 0.15) is 41.5 Å². The Morgan fingerprint density at radius 3 is 2.62 bits per heavy atom. The number of hydrogen-bond acceptors (Lipinski definition) is 6. The molecule has 26 heavy (non-hydrogen) atoms. The van der Waals surface area contributed by atoms with Crippen molar-refractivity contribution in [2.45, 2.75) is 38.4 Å². The number of carboxylic acid groups (broad SMARTS) is 1. The van der Waals surface area contributed by atoms with Gasteiger partial charge in [-0.1, -0.05) is 0 Å². The van der Waals surface area contributed by atoms with E-state index in [0.717, 1.165) is 9.58 Å². The van der Waals surface area contributed by atoms with Crippen LogP contribution in [0.4, 0.5) is 13.2 Å². The summed E-state index contributed by atoms with van der Waals surface area (Å²) in [5.41, 5.74) is 0. The standard InChI is InChI=1S/C13H14F3N7O3/c1-6-17-8(9(24)22-5-3-2-4-7(22)10(25)26)21-23(6)12-18-11(19-20-12)13(14,15)16/h7H,2-5H2,1H3,(H,25,26)(H,18,19,20). The Balaban J connectivity index is 1.89. The van der Waals surface area contributed by atoms with Crippen molar-refractivity contribution in [3.63, 3.8) is 0 Å². The summed E-state index contributed by atoms with van der Waals surface area (Å²) in [6, 6.07) is -0.983. The van der Waals surface area contributed by atoms with E-state index in [2.05, 4.69) is 20.2 Å². The lowest BCUT2D eigenvalue weighted by molar-refractivity contribution is -0.145. The number of aryl methyl sites for hydroxylation is 1. The molecule has 2 aromatic rings. The summed E-state index contributed by atoms with van der Waals surface area (Å²) < 4.78 is 38.7. The highest BCUT2D eigenvalue weighted by molar-refractivity contribution is 5.93. The molecular formula is C13H14F3N7O3. The number of H-pyrrole nitrogens is 1. The SMILES string of the molecule is Cc1nc(C(=O)N2CCCCC2C(=O)O)nn1-c1n[nH]c(C(F)(F)F)n1. The summed E-state index contributed by atoms with van der Waals surface area (Å²) >= 11 is 0. The maximum Gasteiger partial charge on any atom is 0.451 e. The second-order valence-corrected chi connectivity index (χ2v) is 5.72. The molecule has 1 atom stereocenters. The molecule has 0 spiro atoms. The highest BCUT2D eigenvalue weighted by Crippen LogP contribution is 2.26. The van der Waals surface area contributed by atoms with Gasteiger partial charge in [0.25, 0.3) is 11.9 Å². The van der Waals surface area contributed by atoms with Crippen LogP contribution in [0.3, 0.4) is 0 Å².